The van der Waals surface area contributed by atoms with Crippen molar-refractivity contribution >= 4 is 5.91 Å². The van der Waals surface area contributed by atoms with Crippen LogP contribution in [0.15, 0.2) is 48.5 Å². The van der Waals surface area contributed by atoms with E-state index in [4.69, 9.17) is 10.5 Å². The molecule has 1 saturated carbocycles. The van der Waals surface area contributed by atoms with Crippen molar-refractivity contribution in [2.45, 2.75) is 43.8 Å². The van der Waals surface area contributed by atoms with Gasteiger partial charge in [-0.05, 0) is 55.1 Å². The van der Waals surface area contributed by atoms with Gasteiger partial charge in [0.05, 0.1) is 30.4 Å². The number of likely N-dealkylation sites (N-methyl/N-ethyl adjacent to an activating group) is 1. The molecule has 4 nitrogen and oxygen atoms in total. The minimum absolute atomic E-state index is 0.0731. The van der Waals surface area contributed by atoms with Crippen molar-refractivity contribution in [3.8, 4) is 0 Å². The van der Waals surface area contributed by atoms with Gasteiger partial charge in [0.15, 0.2) is 0 Å². The maximum Gasteiger partial charge on any atom is 0.416 e. The first-order valence-corrected chi connectivity index (χ1v) is 10.8. The third-order valence-electron chi connectivity index (χ3n) is 6.00. The van der Waals surface area contributed by atoms with Crippen LogP contribution in [0.25, 0.3) is 0 Å². The van der Waals surface area contributed by atoms with Gasteiger partial charge in [0, 0.05) is 12.5 Å². The van der Waals surface area contributed by atoms with Gasteiger partial charge in [0.1, 0.15) is 0 Å². The fourth-order valence-electron chi connectivity index (χ4n) is 4.63. The Morgan fingerprint density at radius 3 is 2.12 bits per heavy atom. The van der Waals surface area contributed by atoms with E-state index in [1.54, 1.807) is 11.9 Å². The lowest BCUT2D eigenvalue weighted by molar-refractivity contribution is -0.143. The summed E-state index contributed by atoms with van der Waals surface area (Å²) in [6, 6.07) is 10.9. The molecule has 1 aliphatic rings. The number of amides is 1. The Bertz CT molecular complexity index is 945. The van der Waals surface area contributed by atoms with Crippen molar-refractivity contribution in [3.05, 3.63) is 70.8 Å². The van der Waals surface area contributed by atoms with Crippen LogP contribution in [-0.4, -0.2) is 37.0 Å². The Kier molecular flexibility index (Phi) is 7.92. The molecule has 3 atom stereocenters. The minimum atomic E-state index is -4.91. The predicted molar refractivity (Wildman–Crippen MR) is 114 cm³/mol. The van der Waals surface area contributed by atoms with Crippen LogP contribution < -0.4 is 5.73 Å². The van der Waals surface area contributed by atoms with Crippen molar-refractivity contribution in [2.75, 3.05) is 20.1 Å². The molecule has 2 aromatic carbocycles. The summed E-state index contributed by atoms with van der Waals surface area (Å²) in [5, 5.41) is 0. The number of carbonyl (C=O) groups is 1. The van der Waals surface area contributed by atoms with Crippen molar-refractivity contribution in [2.24, 2.45) is 11.7 Å². The van der Waals surface area contributed by atoms with E-state index in [-0.39, 0.29) is 36.6 Å². The number of ether oxygens (including phenoxy) is 1. The Morgan fingerprint density at radius 1 is 1.00 bits per heavy atom. The summed E-state index contributed by atoms with van der Waals surface area (Å²) in [6.07, 6.45) is -8.92. The molecule has 1 fully saturated rings. The second-order valence-corrected chi connectivity index (χ2v) is 8.70. The topological polar surface area (TPSA) is 55.6 Å². The van der Waals surface area contributed by atoms with Crippen LogP contribution in [0.4, 0.5) is 26.3 Å². The number of alkyl halides is 6. The van der Waals surface area contributed by atoms with Crippen LogP contribution in [0.2, 0.25) is 0 Å². The van der Waals surface area contributed by atoms with E-state index in [2.05, 4.69) is 0 Å². The first-order chi connectivity index (χ1) is 15.8. The molecule has 0 bridgehead atoms. The molecule has 10 heteroatoms. The van der Waals surface area contributed by atoms with Crippen molar-refractivity contribution < 1.29 is 35.9 Å². The van der Waals surface area contributed by atoms with Crippen LogP contribution in [0.5, 0.6) is 0 Å². The molecule has 0 unspecified atom stereocenters. The van der Waals surface area contributed by atoms with Crippen molar-refractivity contribution in [3.63, 3.8) is 0 Å². The van der Waals surface area contributed by atoms with E-state index in [1.165, 1.54) is 0 Å². The highest BCUT2D eigenvalue weighted by Crippen LogP contribution is 2.43. The average molecular weight is 488 g/mol. The van der Waals surface area contributed by atoms with E-state index in [9.17, 15) is 31.1 Å². The highest BCUT2D eigenvalue weighted by molar-refractivity contribution is 5.75. The van der Waals surface area contributed by atoms with Crippen molar-refractivity contribution in [1.29, 1.82) is 0 Å². The summed E-state index contributed by atoms with van der Waals surface area (Å²) >= 11 is 0. The Morgan fingerprint density at radius 2 is 1.59 bits per heavy atom. The molecule has 0 aliphatic heterocycles. The molecule has 0 heterocycles. The second-order valence-electron chi connectivity index (χ2n) is 8.70. The van der Waals surface area contributed by atoms with Crippen LogP contribution in [0.3, 0.4) is 0 Å². The fraction of sp³-hybridized carbons (Fsp3) is 0.458. The third kappa shape index (κ3) is 6.73. The van der Waals surface area contributed by atoms with Crippen LogP contribution in [0, 0.1) is 5.92 Å². The molecule has 1 amide bonds. The Balaban J connectivity index is 1.82. The number of nitrogens with two attached hydrogens (primary N) is 1. The lowest BCUT2D eigenvalue weighted by atomic mass is 9.87. The largest absolute Gasteiger partial charge is 0.416 e. The quantitative estimate of drug-likeness (QED) is 0.519. The molecule has 0 radical (unpaired) electrons. The summed E-state index contributed by atoms with van der Waals surface area (Å²) in [5.41, 5.74) is 3.32. The SMILES string of the molecule is CN(CC(N)=O)C[C@@H]1CC[C@H](OCc2cc(C(F)(F)F)cc(C(F)(F)F)c2)[C@H]1c1ccccc1. The van der Waals surface area contributed by atoms with Crippen LogP contribution in [-0.2, 0) is 28.5 Å². The first kappa shape index (κ1) is 26.0. The van der Waals surface area contributed by atoms with Gasteiger partial charge in [-0.15, -0.1) is 0 Å². The number of rotatable bonds is 8. The zero-order valence-electron chi connectivity index (χ0n) is 18.5. The molecule has 186 valence electrons. The molecule has 34 heavy (non-hydrogen) atoms. The number of primary amides is 1. The average Bonchev–Trinajstić information content (AvgIpc) is 3.13. The summed E-state index contributed by atoms with van der Waals surface area (Å²) in [4.78, 5) is 13.0. The molecular weight excluding hydrogens is 462 g/mol. The van der Waals surface area contributed by atoms with E-state index in [0.717, 1.165) is 12.0 Å². The molecule has 0 spiro atoms. The minimum Gasteiger partial charge on any atom is -0.373 e. The van der Waals surface area contributed by atoms with Gasteiger partial charge in [0.25, 0.3) is 0 Å². The van der Waals surface area contributed by atoms with Gasteiger partial charge in [-0.25, -0.2) is 0 Å². The Hall–Kier alpha value is -2.59. The van der Waals surface area contributed by atoms with Gasteiger partial charge in [-0.3, -0.25) is 9.69 Å². The zero-order valence-corrected chi connectivity index (χ0v) is 18.5. The normalized spacial score (nSPS) is 21.2. The molecule has 0 saturated heterocycles. The molecule has 2 aromatic rings. The van der Waals surface area contributed by atoms with Gasteiger partial charge >= 0.3 is 12.4 Å². The highest BCUT2D eigenvalue weighted by atomic mass is 19.4. The van der Waals surface area contributed by atoms with Gasteiger partial charge in [0.2, 0.25) is 5.91 Å². The molecule has 3 rings (SSSR count). The highest BCUT2D eigenvalue weighted by Gasteiger charge is 2.39. The third-order valence-corrected chi connectivity index (χ3v) is 6.00. The van der Waals surface area contributed by atoms with E-state index < -0.39 is 35.5 Å². The summed E-state index contributed by atoms with van der Waals surface area (Å²) < 4.78 is 85.0. The standard InChI is InChI=1S/C24H26F6N2O2/c1-32(13-21(31)33)12-17-7-8-20(22(17)16-5-3-2-4-6-16)34-14-15-9-18(23(25,26)27)11-19(10-15)24(28,29)30/h2-6,9-11,17,20,22H,7-8,12-14H2,1H3,(H2,31,33)/t17-,20-,22-/m0/s1. The van der Waals surface area contributed by atoms with E-state index >= 15 is 0 Å². The van der Waals surface area contributed by atoms with Gasteiger partial charge < -0.3 is 10.5 Å². The van der Waals surface area contributed by atoms with Crippen LogP contribution in [0.1, 0.15) is 41.0 Å². The fourth-order valence-corrected chi connectivity index (χ4v) is 4.63. The second kappa shape index (κ2) is 10.4. The Labute approximate surface area is 193 Å². The smallest absolute Gasteiger partial charge is 0.373 e. The molecular formula is C24H26F6N2O2. The van der Waals surface area contributed by atoms with E-state index in [0.29, 0.717) is 25.1 Å². The number of hydrogen-bond donors (Lipinski definition) is 1. The number of halogens is 6. The monoisotopic (exact) mass is 488 g/mol. The predicted octanol–water partition coefficient (Wildman–Crippen LogP) is 5.22. The number of carbonyl (C=O) groups excluding carboxylic acids is 1. The first-order valence-electron chi connectivity index (χ1n) is 10.8. The number of benzene rings is 2. The lowest BCUT2D eigenvalue weighted by Gasteiger charge is -2.28. The summed E-state index contributed by atoms with van der Waals surface area (Å²) in [7, 11) is 1.77. The maximum absolute atomic E-state index is 13.2. The molecule has 1 aliphatic carbocycles. The van der Waals surface area contributed by atoms with Gasteiger partial charge in [-0.2, -0.15) is 26.3 Å². The lowest BCUT2D eigenvalue weighted by Crippen LogP contribution is -2.35. The maximum atomic E-state index is 13.2. The molecule has 0 aromatic heterocycles. The number of nitrogens with zero attached hydrogens (tertiary/aromatic N) is 1. The van der Waals surface area contributed by atoms with E-state index in [1.807, 2.05) is 30.3 Å². The number of hydrogen-bond acceptors (Lipinski definition) is 3. The van der Waals surface area contributed by atoms with Crippen molar-refractivity contribution in [1.82, 2.24) is 4.90 Å². The summed E-state index contributed by atoms with van der Waals surface area (Å²) in [5.74, 6) is -0.525. The molecule has 2 N–H and O–H groups in total. The van der Waals surface area contributed by atoms with Crippen LogP contribution >= 0.6 is 0 Å². The zero-order chi connectivity index (χ0) is 25.1. The van der Waals surface area contributed by atoms with Gasteiger partial charge in [-0.1, -0.05) is 30.3 Å². The summed E-state index contributed by atoms with van der Waals surface area (Å²) in [6.45, 7) is 0.239.